The normalized spacial score (nSPS) is 30.8. The highest BCUT2D eigenvalue weighted by Gasteiger charge is 2.41. The van der Waals surface area contributed by atoms with Crippen molar-refractivity contribution in [3.8, 4) is 0 Å². The molecule has 178 valence electrons. The van der Waals surface area contributed by atoms with Gasteiger partial charge in [0, 0.05) is 63.0 Å². The molecule has 31 heavy (non-hydrogen) atoms. The van der Waals surface area contributed by atoms with Gasteiger partial charge < -0.3 is 20.3 Å². The fourth-order valence-electron chi connectivity index (χ4n) is 5.46. The molecule has 1 aliphatic carbocycles. The number of nitrogens with zero attached hydrogens (tertiary/aromatic N) is 3. The van der Waals surface area contributed by atoms with Crippen molar-refractivity contribution < 1.29 is 9.53 Å². The van der Waals surface area contributed by atoms with Crippen LogP contribution < -0.4 is 10.6 Å². The van der Waals surface area contributed by atoms with Gasteiger partial charge in [-0.1, -0.05) is 19.3 Å². The van der Waals surface area contributed by atoms with Crippen molar-refractivity contribution in [2.24, 2.45) is 10.9 Å². The van der Waals surface area contributed by atoms with Crippen molar-refractivity contribution in [1.29, 1.82) is 0 Å². The molecule has 3 heterocycles. The standard InChI is InChI=1S/C22H39N5O2S.HI/c1-23-21(24-16-22(8-14-30-17-22)27-10-12-29-13-11-27)25-19-7-9-26(15-19)20(28)18-5-3-2-4-6-18;/h18-19H,2-17H2,1H3,(H2,23,24,25);1H. The van der Waals surface area contributed by atoms with Gasteiger partial charge in [-0.2, -0.15) is 11.8 Å². The topological polar surface area (TPSA) is 69.2 Å². The monoisotopic (exact) mass is 565 g/mol. The molecule has 0 aromatic carbocycles. The predicted octanol–water partition coefficient (Wildman–Crippen LogP) is 2.16. The van der Waals surface area contributed by atoms with Gasteiger partial charge in [-0.15, -0.1) is 24.0 Å². The first-order valence-electron chi connectivity index (χ1n) is 11.9. The predicted molar refractivity (Wildman–Crippen MR) is 139 cm³/mol. The van der Waals surface area contributed by atoms with Gasteiger partial charge in [0.15, 0.2) is 5.96 Å². The number of halogens is 1. The minimum atomic E-state index is 0. The number of ether oxygens (including phenoxy) is 1. The molecule has 1 saturated carbocycles. The minimum Gasteiger partial charge on any atom is -0.379 e. The first-order valence-corrected chi connectivity index (χ1v) is 13.0. The van der Waals surface area contributed by atoms with Crippen LogP contribution in [0.1, 0.15) is 44.9 Å². The van der Waals surface area contributed by atoms with Crippen LogP contribution in [0.4, 0.5) is 0 Å². The lowest BCUT2D eigenvalue weighted by Gasteiger charge is -2.43. The van der Waals surface area contributed by atoms with Crippen LogP contribution in [0.3, 0.4) is 0 Å². The summed E-state index contributed by atoms with van der Waals surface area (Å²) < 4.78 is 5.58. The molecule has 7 nitrogen and oxygen atoms in total. The van der Waals surface area contributed by atoms with Crippen molar-refractivity contribution in [1.82, 2.24) is 20.4 Å². The fourth-order valence-corrected chi connectivity index (χ4v) is 6.93. The maximum absolute atomic E-state index is 12.9. The molecule has 0 aromatic heterocycles. The second-order valence-corrected chi connectivity index (χ2v) is 10.4. The first kappa shape index (κ1) is 25.4. The molecule has 9 heteroatoms. The molecule has 2 N–H and O–H groups in total. The van der Waals surface area contributed by atoms with E-state index >= 15 is 0 Å². The van der Waals surface area contributed by atoms with E-state index in [1.165, 1.54) is 37.2 Å². The Balaban J connectivity index is 0.00000272. The summed E-state index contributed by atoms with van der Waals surface area (Å²) >= 11 is 2.06. The molecule has 3 saturated heterocycles. The van der Waals surface area contributed by atoms with E-state index in [1.807, 2.05) is 7.05 Å². The summed E-state index contributed by atoms with van der Waals surface area (Å²) in [5.74, 6) is 3.92. The summed E-state index contributed by atoms with van der Waals surface area (Å²) in [6, 6.07) is 0.293. The summed E-state index contributed by atoms with van der Waals surface area (Å²) in [5, 5.41) is 7.22. The Kier molecular flexibility index (Phi) is 10.0. The zero-order valence-corrected chi connectivity index (χ0v) is 22.1. The summed E-state index contributed by atoms with van der Waals surface area (Å²) in [7, 11) is 1.85. The number of likely N-dealkylation sites (tertiary alicyclic amines) is 1. The van der Waals surface area contributed by atoms with Crippen molar-refractivity contribution in [2.75, 3.05) is 64.5 Å². The number of carbonyl (C=O) groups is 1. The molecule has 4 rings (SSSR count). The molecular weight excluding hydrogens is 525 g/mol. The average molecular weight is 566 g/mol. The van der Waals surface area contributed by atoms with Crippen LogP contribution in [0.15, 0.2) is 4.99 Å². The van der Waals surface area contributed by atoms with E-state index in [4.69, 9.17) is 4.74 Å². The highest BCUT2D eigenvalue weighted by atomic mass is 127. The number of guanidine groups is 1. The third-order valence-corrected chi connectivity index (χ3v) is 8.60. The van der Waals surface area contributed by atoms with Crippen LogP contribution in [-0.2, 0) is 9.53 Å². The zero-order valence-electron chi connectivity index (χ0n) is 18.9. The number of thioether (sulfide) groups is 1. The largest absolute Gasteiger partial charge is 0.379 e. The average Bonchev–Trinajstić information content (AvgIpc) is 3.48. The lowest BCUT2D eigenvalue weighted by Crippen LogP contribution is -2.60. The van der Waals surface area contributed by atoms with Crippen LogP contribution in [0.25, 0.3) is 0 Å². The van der Waals surface area contributed by atoms with Gasteiger partial charge in [0.2, 0.25) is 5.91 Å². The van der Waals surface area contributed by atoms with Gasteiger partial charge in [0.1, 0.15) is 0 Å². The number of nitrogens with one attached hydrogen (secondary N) is 2. The molecule has 3 aliphatic heterocycles. The van der Waals surface area contributed by atoms with E-state index in [-0.39, 0.29) is 35.4 Å². The van der Waals surface area contributed by atoms with Gasteiger partial charge >= 0.3 is 0 Å². The summed E-state index contributed by atoms with van der Waals surface area (Å²) in [6.45, 7) is 6.32. The maximum atomic E-state index is 12.9. The Hall–Kier alpha value is -0.260. The number of hydrogen-bond acceptors (Lipinski definition) is 5. The minimum absolute atomic E-state index is 0. The molecule has 4 aliphatic rings. The molecular formula is C22H40IN5O2S. The molecule has 0 spiro atoms. The SMILES string of the molecule is CN=C(NCC1(N2CCOCC2)CCSC1)NC1CCN(C(=O)C2CCCCC2)C1.I. The second-order valence-electron chi connectivity index (χ2n) is 9.30. The third-order valence-electron chi connectivity index (χ3n) is 7.37. The summed E-state index contributed by atoms with van der Waals surface area (Å²) in [4.78, 5) is 22.1. The second kappa shape index (κ2) is 12.3. The highest BCUT2D eigenvalue weighted by molar-refractivity contribution is 14.0. The number of amides is 1. The van der Waals surface area contributed by atoms with Gasteiger partial charge in [0.05, 0.1) is 13.2 Å². The Bertz CT molecular complexity index is 605. The van der Waals surface area contributed by atoms with Crippen molar-refractivity contribution in [2.45, 2.75) is 56.5 Å². The van der Waals surface area contributed by atoms with Crippen LogP contribution >= 0.6 is 35.7 Å². The molecule has 0 radical (unpaired) electrons. The molecule has 1 amide bonds. The van der Waals surface area contributed by atoms with Crippen LogP contribution in [0.2, 0.25) is 0 Å². The maximum Gasteiger partial charge on any atom is 0.225 e. The highest BCUT2D eigenvalue weighted by Crippen LogP contribution is 2.33. The van der Waals surface area contributed by atoms with Gasteiger partial charge in [0.25, 0.3) is 0 Å². The number of carbonyl (C=O) groups excluding carboxylic acids is 1. The van der Waals surface area contributed by atoms with Crippen LogP contribution in [0.5, 0.6) is 0 Å². The Labute approximate surface area is 208 Å². The van der Waals surface area contributed by atoms with Crippen LogP contribution in [0, 0.1) is 5.92 Å². The van der Waals surface area contributed by atoms with Gasteiger partial charge in [-0.25, -0.2) is 0 Å². The molecule has 0 aromatic rings. The fraction of sp³-hybridized carbons (Fsp3) is 0.909. The Morgan fingerprint density at radius 3 is 2.61 bits per heavy atom. The quantitative estimate of drug-likeness (QED) is 0.303. The molecule has 2 unspecified atom stereocenters. The number of rotatable bonds is 5. The first-order chi connectivity index (χ1) is 14.7. The smallest absolute Gasteiger partial charge is 0.225 e. The van der Waals surface area contributed by atoms with Crippen molar-refractivity contribution in [3.05, 3.63) is 0 Å². The molecule has 4 fully saturated rings. The van der Waals surface area contributed by atoms with E-state index in [0.29, 0.717) is 11.9 Å². The van der Waals surface area contributed by atoms with E-state index in [1.54, 1.807) is 0 Å². The Morgan fingerprint density at radius 1 is 1.16 bits per heavy atom. The van der Waals surface area contributed by atoms with Crippen molar-refractivity contribution >= 4 is 47.6 Å². The third kappa shape index (κ3) is 6.41. The van der Waals surface area contributed by atoms with Crippen molar-refractivity contribution in [3.63, 3.8) is 0 Å². The number of hydrogen-bond donors (Lipinski definition) is 2. The lowest BCUT2D eigenvalue weighted by molar-refractivity contribution is -0.135. The van der Waals surface area contributed by atoms with Gasteiger partial charge in [-0.3, -0.25) is 14.7 Å². The van der Waals surface area contributed by atoms with Crippen LogP contribution in [-0.4, -0.2) is 97.7 Å². The summed E-state index contributed by atoms with van der Waals surface area (Å²) in [5.41, 5.74) is 0.199. The van der Waals surface area contributed by atoms with Gasteiger partial charge in [-0.05, 0) is 31.4 Å². The Morgan fingerprint density at radius 2 is 1.94 bits per heavy atom. The van der Waals surface area contributed by atoms with E-state index in [9.17, 15) is 4.79 Å². The van der Waals surface area contributed by atoms with E-state index in [0.717, 1.165) is 71.2 Å². The van der Waals surface area contributed by atoms with E-state index in [2.05, 4.69) is 37.2 Å². The molecule has 2 atom stereocenters. The zero-order chi connectivity index (χ0) is 20.8. The molecule has 0 bridgehead atoms. The van der Waals surface area contributed by atoms with E-state index < -0.39 is 0 Å². The number of morpholine rings is 1. The number of aliphatic imine (C=N–C) groups is 1. The lowest BCUT2D eigenvalue weighted by atomic mass is 9.88. The summed E-state index contributed by atoms with van der Waals surface area (Å²) in [6.07, 6.45) is 8.10.